The average molecular weight is 314 g/mol. The van der Waals surface area contributed by atoms with Crippen LogP contribution in [0.4, 0.5) is 0 Å². The Kier molecular flexibility index (Phi) is 5.81. The van der Waals surface area contributed by atoms with Crippen LogP contribution in [0.3, 0.4) is 0 Å². The molecule has 0 amide bonds. The molecule has 2 saturated heterocycles. The Bertz CT molecular complexity index is 394. The number of hydrogen-bond donors (Lipinski definition) is 0. The van der Waals surface area contributed by atoms with Crippen LogP contribution in [-0.2, 0) is 28.5 Å². The molecule has 126 valence electrons. The van der Waals surface area contributed by atoms with Gasteiger partial charge in [0.1, 0.15) is 11.7 Å². The molecule has 2 aliphatic heterocycles. The molecule has 22 heavy (non-hydrogen) atoms. The van der Waals surface area contributed by atoms with Gasteiger partial charge in [-0.3, -0.25) is 9.59 Å². The summed E-state index contributed by atoms with van der Waals surface area (Å²) in [5, 5.41) is 0. The standard InChI is InChI=1S/C16H26O6/c1-16(2,3)22-14(18)9-11-8-13(17)21-12(11)10-20-15-6-4-5-7-19-15/h11-12,15H,4-10H2,1-3H3/t11-,12-,15?/m1/s1. The molecule has 0 aromatic rings. The summed E-state index contributed by atoms with van der Waals surface area (Å²) in [6, 6.07) is 0. The lowest BCUT2D eigenvalue weighted by atomic mass is 9.98. The Morgan fingerprint density at radius 3 is 2.73 bits per heavy atom. The number of carbonyl (C=O) groups is 2. The molecule has 2 heterocycles. The van der Waals surface area contributed by atoms with Crippen molar-refractivity contribution in [2.45, 2.75) is 70.9 Å². The van der Waals surface area contributed by atoms with Crippen molar-refractivity contribution in [2.75, 3.05) is 13.2 Å². The molecule has 0 radical (unpaired) electrons. The van der Waals surface area contributed by atoms with E-state index in [2.05, 4.69) is 0 Å². The van der Waals surface area contributed by atoms with Crippen LogP contribution >= 0.6 is 0 Å². The highest BCUT2D eigenvalue weighted by Crippen LogP contribution is 2.28. The van der Waals surface area contributed by atoms with Crippen LogP contribution in [0.15, 0.2) is 0 Å². The maximum absolute atomic E-state index is 11.9. The van der Waals surface area contributed by atoms with E-state index in [1.165, 1.54) is 0 Å². The zero-order valence-corrected chi connectivity index (χ0v) is 13.6. The number of cyclic esters (lactones) is 1. The van der Waals surface area contributed by atoms with Gasteiger partial charge in [-0.25, -0.2) is 0 Å². The van der Waals surface area contributed by atoms with E-state index in [0.29, 0.717) is 6.61 Å². The molecule has 0 bridgehead atoms. The second kappa shape index (κ2) is 7.42. The molecule has 0 saturated carbocycles. The van der Waals surface area contributed by atoms with Gasteiger partial charge in [-0.2, -0.15) is 0 Å². The van der Waals surface area contributed by atoms with Gasteiger partial charge in [-0.1, -0.05) is 0 Å². The van der Waals surface area contributed by atoms with E-state index < -0.39 is 11.7 Å². The monoisotopic (exact) mass is 314 g/mol. The third-order valence-corrected chi connectivity index (χ3v) is 3.67. The third kappa shape index (κ3) is 5.57. The Morgan fingerprint density at radius 1 is 1.32 bits per heavy atom. The Morgan fingerprint density at radius 2 is 2.09 bits per heavy atom. The lowest BCUT2D eigenvalue weighted by molar-refractivity contribution is -0.182. The molecule has 2 aliphatic rings. The van der Waals surface area contributed by atoms with Crippen molar-refractivity contribution in [1.29, 1.82) is 0 Å². The molecule has 6 nitrogen and oxygen atoms in total. The molecule has 0 aromatic carbocycles. The van der Waals surface area contributed by atoms with Gasteiger partial charge in [0.15, 0.2) is 6.29 Å². The fourth-order valence-electron chi connectivity index (χ4n) is 2.67. The predicted molar refractivity (Wildman–Crippen MR) is 78.0 cm³/mol. The zero-order valence-electron chi connectivity index (χ0n) is 13.6. The molecule has 0 aliphatic carbocycles. The average Bonchev–Trinajstić information content (AvgIpc) is 2.75. The Labute approximate surface area is 131 Å². The normalized spacial score (nSPS) is 29.2. The summed E-state index contributed by atoms with van der Waals surface area (Å²) in [7, 11) is 0. The molecule has 0 spiro atoms. The highest BCUT2D eigenvalue weighted by atomic mass is 16.7. The van der Waals surface area contributed by atoms with Gasteiger partial charge in [0.25, 0.3) is 0 Å². The molecule has 3 atom stereocenters. The Balaban J connectivity index is 1.80. The van der Waals surface area contributed by atoms with Crippen molar-refractivity contribution in [2.24, 2.45) is 5.92 Å². The lowest BCUT2D eigenvalue weighted by Crippen LogP contribution is -2.32. The number of ether oxygens (including phenoxy) is 4. The molecule has 0 aromatic heterocycles. The maximum atomic E-state index is 11.9. The van der Waals surface area contributed by atoms with Crippen molar-refractivity contribution < 1.29 is 28.5 Å². The van der Waals surface area contributed by atoms with Crippen molar-refractivity contribution in [1.82, 2.24) is 0 Å². The van der Waals surface area contributed by atoms with Gasteiger partial charge < -0.3 is 18.9 Å². The first-order chi connectivity index (χ1) is 10.3. The quantitative estimate of drug-likeness (QED) is 0.724. The van der Waals surface area contributed by atoms with Gasteiger partial charge in [0, 0.05) is 12.5 Å². The van der Waals surface area contributed by atoms with Crippen molar-refractivity contribution in [3.63, 3.8) is 0 Å². The van der Waals surface area contributed by atoms with E-state index in [4.69, 9.17) is 18.9 Å². The maximum Gasteiger partial charge on any atom is 0.306 e. The largest absolute Gasteiger partial charge is 0.460 e. The summed E-state index contributed by atoms with van der Waals surface area (Å²) in [5.74, 6) is -0.785. The van der Waals surface area contributed by atoms with Crippen molar-refractivity contribution in [3.05, 3.63) is 0 Å². The SMILES string of the molecule is CC(C)(C)OC(=O)C[C@H]1CC(=O)O[C@@H]1COC1CCCCO1. The topological polar surface area (TPSA) is 71.1 Å². The molecular weight excluding hydrogens is 288 g/mol. The van der Waals surface area contributed by atoms with Crippen LogP contribution in [0.5, 0.6) is 0 Å². The molecule has 0 N–H and O–H groups in total. The number of esters is 2. The number of rotatable bonds is 5. The van der Waals surface area contributed by atoms with E-state index in [0.717, 1.165) is 19.3 Å². The van der Waals surface area contributed by atoms with Crippen LogP contribution in [-0.4, -0.2) is 43.1 Å². The summed E-state index contributed by atoms with van der Waals surface area (Å²) in [6.07, 6.45) is 2.77. The summed E-state index contributed by atoms with van der Waals surface area (Å²) in [6.45, 7) is 6.44. The Hall–Kier alpha value is -1.14. The van der Waals surface area contributed by atoms with E-state index in [-0.39, 0.29) is 43.6 Å². The second-order valence-corrected chi connectivity index (χ2v) is 6.91. The third-order valence-electron chi connectivity index (χ3n) is 3.67. The summed E-state index contributed by atoms with van der Waals surface area (Å²) in [4.78, 5) is 23.4. The molecule has 2 rings (SSSR count). The summed E-state index contributed by atoms with van der Waals surface area (Å²) >= 11 is 0. The highest BCUT2D eigenvalue weighted by molar-refractivity contribution is 5.75. The van der Waals surface area contributed by atoms with Gasteiger partial charge in [0.05, 0.1) is 19.4 Å². The summed E-state index contributed by atoms with van der Waals surface area (Å²) < 4.78 is 21.7. The molecule has 2 fully saturated rings. The molecular formula is C16H26O6. The van der Waals surface area contributed by atoms with Crippen LogP contribution in [0.1, 0.15) is 52.9 Å². The van der Waals surface area contributed by atoms with Gasteiger partial charge in [-0.05, 0) is 40.0 Å². The van der Waals surface area contributed by atoms with E-state index >= 15 is 0 Å². The second-order valence-electron chi connectivity index (χ2n) is 6.91. The summed E-state index contributed by atoms with van der Waals surface area (Å²) in [5.41, 5.74) is -0.525. The van der Waals surface area contributed by atoms with Crippen LogP contribution in [0.25, 0.3) is 0 Å². The van der Waals surface area contributed by atoms with Gasteiger partial charge >= 0.3 is 11.9 Å². The van der Waals surface area contributed by atoms with Crippen molar-refractivity contribution in [3.8, 4) is 0 Å². The van der Waals surface area contributed by atoms with Crippen LogP contribution in [0, 0.1) is 5.92 Å². The van der Waals surface area contributed by atoms with Crippen LogP contribution < -0.4 is 0 Å². The van der Waals surface area contributed by atoms with E-state index in [9.17, 15) is 9.59 Å². The smallest absolute Gasteiger partial charge is 0.306 e. The first kappa shape index (κ1) is 17.2. The number of hydrogen-bond acceptors (Lipinski definition) is 6. The fraction of sp³-hybridized carbons (Fsp3) is 0.875. The minimum atomic E-state index is -0.525. The first-order valence-electron chi connectivity index (χ1n) is 7.98. The van der Waals surface area contributed by atoms with E-state index in [1.807, 2.05) is 20.8 Å². The van der Waals surface area contributed by atoms with Gasteiger partial charge in [-0.15, -0.1) is 0 Å². The van der Waals surface area contributed by atoms with Gasteiger partial charge in [0.2, 0.25) is 0 Å². The zero-order chi connectivity index (χ0) is 16.2. The molecule has 1 unspecified atom stereocenters. The fourth-order valence-corrected chi connectivity index (χ4v) is 2.67. The number of carbonyl (C=O) groups excluding carboxylic acids is 2. The predicted octanol–water partition coefficient (Wildman–Crippen LogP) is 2.19. The van der Waals surface area contributed by atoms with Crippen LogP contribution in [0.2, 0.25) is 0 Å². The minimum absolute atomic E-state index is 0.169. The highest BCUT2D eigenvalue weighted by Gasteiger charge is 2.38. The lowest BCUT2D eigenvalue weighted by Gasteiger charge is -2.25. The minimum Gasteiger partial charge on any atom is -0.460 e. The first-order valence-corrected chi connectivity index (χ1v) is 7.98. The van der Waals surface area contributed by atoms with Crippen molar-refractivity contribution >= 4 is 11.9 Å². The van der Waals surface area contributed by atoms with E-state index in [1.54, 1.807) is 0 Å². The molecule has 6 heteroatoms.